The SMILES string of the molecule is CCC1C2OCCCC2CN1C. The summed E-state index contributed by atoms with van der Waals surface area (Å²) in [6.07, 6.45) is 4.43. The molecule has 12 heavy (non-hydrogen) atoms. The number of hydrogen-bond donors (Lipinski definition) is 0. The predicted octanol–water partition coefficient (Wildman–Crippen LogP) is 1.51. The van der Waals surface area contributed by atoms with Crippen molar-refractivity contribution in [3.8, 4) is 0 Å². The number of rotatable bonds is 1. The zero-order valence-electron chi connectivity index (χ0n) is 8.12. The number of likely N-dealkylation sites (tertiary alicyclic amines) is 1. The summed E-state index contributed by atoms with van der Waals surface area (Å²) in [5.41, 5.74) is 0. The molecule has 3 atom stereocenters. The normalized spacial score (nSPS) is 43.0. The van der Waals surface area contributed by atoms with Crippen molar-refractivity contribution >= 4 is 0 Å². The Kier molecular flexibility index (Phi) is 2.37. The molecule has 0 aromatic carbocycles. The first-order valence-electron chi connectivity index (χ1n) is 5.14. The van der Waals surface area contributed by atoms with Crippen LogP contribution in [0.25, 0.3) is 0 Å². The fourth-order valence-corrected chi connectivity index (χ4v) is 2.79. The van der Waals surface area contributed by atoms with E-state index in [1.54, 1.807) is 0 Å². The molecule has 2 aliphatic rings. The number of likely N-dealkylation sites (N-methyl/N-ethyl adjacent to an activating group) is 1. The van der Waals surface area contributed by atoms with Crippen molar-refractivity contribution in [1.82, 2.24) is 4.90 Å². The highest BCUT2D eigenvalue weighted by Gasteiger charge is 2.40. The van der Waals surface area contributed by atoms with Gasteiger partial charge in [-0.3, -0.25) is 0 Å². The van der Waals surface area contributed by atoms with Gasteiger partial charge in [0.05, 0.1) is 6.10 Å². The minimum atomic E-state index is 0.550. The summed E-state index contributed by atoms with van der Waals surface area (Å²) in [5, 5.41) is 0. The third-order valence-corrected chi connectivity index (χ3v) is 3.38. The van der Waals surface area contributed by atoms with E-state index in [9.17, 15) is 0 Å². The molecule has 70 valence electrons. The van der Waals surface area contributed by atoms with Gasteiger partial charge in [0.15, 0.2) is 0 Å². The number of nitrogens with zero attached hydrogens (tertiary/aromatic N) is 1. The Bertz CT molecular complexity index is 160. The van der Waals surface area contributed by atoms with Crippen LogP contribution in [0, 0.1) is 5.92 Å². The molecule has 0 aromatic rings. The van der Waals surface area contributed by atoms with Gasteiger partial charge >= 0.3 is 0 Å². The Balaban J connectivity index is 2.05. The molecule has 0 amide bonds. The Labute approximate surface area is 74.9 Å². The van der Waals surface area contributed by atoms with Crippen molar-refractivity contribution < 1.29 is 4.74 Å². The minimum absolute atomic E-state index is 0.550. The average molecular weight is 169 g/mol. The molecule has 0 saturated carbocycles. The first kappa shape index (κ1) is 8.52. The fraction of sp³-hybridized carbons (Fsp3) is 1.00. The summed E-state index contributed by atoms with van der Waals surface area (Å²) >= 11 is 0. The molecule has 2 nitrogen and oxygen atoms in total. The summed E-state index contributed by atoms with van der Waals surface area (Å²) in [6.45, 7) is 4.51. The average Bonchev–Trinajstić information content (AvgIpc) is 2.40. The maximum atomic E-state index is 5.83. The summed E-state index contributed by atoms with van der Waals surface area (Å²) in [7, 11) is 2.23. The molecule has 0 spiro atoms. The fourth-order valence-electron chi connectivity index (χ4n) is 2.79. The quantitative estimate of drug-likeness (QED) is 0.590. The highest BCUT2D eigenvalue weighted by Crippen LogP contribution is 2.33. The molecule has 0 aliphatic carbocycles. The van der Waals surface area contributed by atoms with Gasteiger partial charge in [-0.1, -0.05) is 6.92 Å². The lowest BCUT2D eigenvalue weighted by Gasteiger charge is -2.29. The molecule has 2 rings (SSSR count). The van der Waals surface area contributed by atoms with E-state index in [4.69, 9.17) is 4.74 Å². The third-order valence-electron chi connectivity index (χ3n) is 3.38. The molecule has 3 unspecified atom stereocenters. The van der Waals surface area contributed by atoms with Crippen LogP contribution in [0.5, 0.6) is 0 Å². The Morgan fingerprint density at radius 2 is 2.33 bits per heavy atom. The summed E-state index contributed by atoms with van der Waals surface area (Å²) in [6, 6.07) is 0.690. The minimum Gasteiger partial charge on any atom is -0.376 e. The smallest absolute Gasteiger partial charge is 0.0770 e. The maximum absolute atomic E-state index is 5.83. The molecule has 0 bridgehead atoms. The van der Waals surface area contributed by atoms with Crippen molar-refractivity contribution in [3.05, 3.63) is 0 Å². The van der Waals surface area contributed by atoms with Crippen LogP contribution in [0.1, 0.15) is 26.2 Å². The second-order valence-electron chi connectivity index (χ2n) is 4.15. The Hall–Kier alpha value is -0.0800. The van der Waals surface area contributed by atoms with Gasteiger partial charge in [-0.25, -0.2) is 0 Å². The maximum Gasteiger partial charge on any atom is 0.0770 e. The van der Waals surface area contributed by atoms with Crippen LogP contribution >= 0.6 is 0 Å². The van der Waals surface area contributed by atoms with Crippen molar-refractivity contribution in [1.29, 1.82) is 0 Å². The van der Waals surface area contributed by atoms with Crippen LogP contribution in [0.2, 0.25) is 0 Å². The standard InChI is InChI=1S/C10H19NO/c1-3-9-10-8(7-11(9)2)5-4-6-12-10/h8-10H,3-7H2,1-2H3. The molecular formula is C10H19NO. The molecule has 2 aliphatic heterocycles. The van der Waals surface area contributed by atoms with Crippen molar-refractivity contribution in [3.63, 3.8) is 0 Å². The lowest BCUT2D eigenvalue weighted by Crippen LogP contribution is -2.36. The highest BCUT2D eigenvalue weighted by molar-refractivity contribution is 4.93. The lowest BCUT2D eigenvalue weighted by molar-refractivity contribution is -0.0228. The van der Waals surface area contributed by atoms with Crippen LogP contribution in [-0.2, 0) is 4.74 Å². The van der Waals surface area contributed by atoms with Gasteiger partial charge in [-0.2, -0.15) is 0 Å². The molecule has 2 saturated heterocycles. The molecule has 2 fully saturated rings. The van der Waals surface area contributed by atoms with Gasteiger partial charge in [0, 0.05) is 19.2 Å². The van der Waals surface area contributed by atoms with Crippen molar-refractivity contribution in [2.45, 2.75) is 38.3 Å². The van der Waals surface area contributed by atoms with E-state index in [-0.39, 0.29) is 0 Å². The third kappa shape index (κ3) is 1.27. The largest absolute Gasteiger partial charge is 0.376 e. The van der Waals surface area contributed by atoms with Gasteiger partial charge in [0.1, 0.15) is 0 Å². The van der Waals surface area contributed by atoms with Gasteiger partial charge in [-0.05, 0) is 32.2 Å². The van der Waals surface area contributed by atoms with Crippen LogP contribution in [-0.4, -0.2) is 37.2 Å². The molecule has 0 N–H and O–H groups in total. The van der Waals surface area contributed by atoms with E-state index in [0.29, 0.717) is 12.1 Å². The number of fused-ring (bicyclic) bond motifs is 1. The summed E-state index contributed by atoms with van der Waals surface area (Å²) < 4.78 is 5.83. The van der Waals surface area contributed by atoms with Gasteiger partial charge in [-0.15, -0.1) is 0 Å². The molecule has 0 radical (unpaired) electrons. The molecular weight excluding hydrogens is 150 g/mol. The summed E-state index contributed by atoms with van der Waals surface area (Å²) in [4.78, 5) is 2.47. The van der Waals surface area contributed by atoms with Gasteiger partial charge < -0.3 is 9.64 Å². The van der Waals surface area contributed by atoms with Crippen LogP contribution in [0.15, 0.2) is 0 Å². The first-order valence-corrected chi connectivity index (χ1v) is 5.14. The van der Waals surface area contributed by atoms with Gasteiger partial charge in [0.25, 0.3) is 0 Å². The van der Waals surface area contributed by atoms with Crippen molar-refractivity contribution in [2.75, 3.05) is 20.2 Å². The zero-order chi connectivity index (χ0) is 8.55. The van der Waals surface area contributed by atoms with E-state index in [1.807, 2.05) is 0 Å². The number of hydrogen-bond acceptors (Lipinski definition) is 2. The Morgan fingerprint density at radius 3 is 3.08 bits per heavy atom. The highest BCUT2D eigenvalue weighted by atomic mass is 16.5. The lowest BCUT2D eigenvalue weighted by atomic mass is 9.93. The van der Waals surface area contributed by atoms with E-state index < -0.39 is 0 Å². The van der Waals surface area contributed by atoms with Crippen molar-refractivity contribution in [2.24, 2.45) is 5.92 Å². The second kappa shape index (κ2) is 3.35. The number of ether oxygens (including phenoxy) is 1. The predicted molar refractivity (Wildman–Crippen MR) is 49.2 cm³/mol. The molecule has 2 heteroatoms. The first-order chi connectivity index (χ1) is 5.83. The van der Waals surface area contributed by atoms with E-state index in [2.05, 4.69) is 18.9 Å². The molecule has 0 aromatic heterocycles. The van der Waals surface area contributed by atoms with Crippen LogP contribution in [0.3, 0.4) is 0 Å². The van der Waals surface area contributed by atoms with E-state index in [0.717, 1.165) is 12.5 Å². The Morgan fingerprint density at radius 1 is 1.50 bits per heavy atom. The van der Waals surface area contributed by atoms with Crippen LogP contribution < -0.4 is 0 Å². The van der Waals surface area contributed by atoms with E-state index >= 15 is 0 Å². The van der Waals surface area contributed by atoms with Crippen LogP contribution in [0.4, 0.5) is 0 Å². The topological polar surface area (TPSA) is 12.5 Å². The van der Waals surface area contributed by atoms with Gasteiger partial charge in [0.2, 0.25) is 0 Å². The zero-order valence-corrected chi connectivity index (χ0v) is 8.12. The molecule has 2 heterocycles. The van der Waals surface area contributed by atoms with E-state index in [1.165, 1.54) is 25.8 Å². The summed E-state index contributed by atoms with van der Waals surface area (Å²) in [5.74, 6) is 0.827. The second-order valence-corrected chi connectivity index (χ2v) is 4.15. The monoisotopic (exact) mass is 169 g/mol.